The molecule has 1 aliphatic rings. The molecule has 0 aliphatic carbocycles. The second-order valence-corrected chi connectivity index (χ2v) is 4.50. The van der Waals surface area contributed by atoms with Crippen molar-refractivity contribution in [3.8, 4) is 5.75 Å². The van der Waals surface area contributed by atoms with Crippen LogP contribution in [0.2, 0.25) is 0 Å². The molecule has 1 atom stereocenters. The number of nitrogens with one attached hydrogen (secondary N) is 1. The summed E-state index contributed by atoms with van der Waals surface area (Å²) < 4.78 is 0. The number of benzene rings is 1. The average molecular weight is 262 g/mol. The van der Waals surface area contributed by atoms with Crippen LogP contribution >= 0.6 is 12.2 Å². The molecule has 0 unspecified atom stereocenters. The number of nitrogens with zero attached hydrogens (tertiary/aromatic N) is 1. The van der Waals surface area contributed by atoms with Gasteiger partial charge in [0.1, 0.15) is 11.8 Å². The first kappa shape index (κ1) is 12.6. The number of amides is 1. The third-order valence-corrected chi connectivity index (χ3v) is 3.13. The van der Waals surface area contributed by atoms with Crippen LogP contribution in [-0.4, -0.2) is 33.6 Å². The number of carbonyl (C=O) groups excluding carboxylic acids is 1. The highest BCUT2D eigenvalue weighted by molar-refractivity contribution is 7.80. The molecule has 1 saturated heterocycles. The molecule has 1 aromatic rings. The van der Waals surface area contributed by atoms with Gasteiger partial charge in [-0.15, -0.1) is 6.58 Å². The van der Waals surface area contributed by atoms with Crippen molar-refractivity contribution in [1.29, 1.82) is 0 Å². The quantitative estimate of drug-likeness (QED) is 0.632. The predicted octanol–water partition coefficient (Wildman–Crippen LogP) is 1.21. The Morgan fingerprint density at radius 1 is 1.44 bits per heavy atom. The van der Waals surface area contributed by atoms with Crippen LogP contribution in [0.1, 0.15) is 5.56 Å². The lowest BCUT2D eigenvalue weighted by Crippen LogP contribution is -2.32. The first-order valence-electron chi connectivity index (χ1n) is 5.62. The molecule has 0 radical (unpaired) electrons. The van der Waals surface area contributed by atoms with Crippen molar-refractivity contribution in [1.82, 2.24) is 10.2 Å². The molecular weight excluding hydrogens is 248 g/mol. The molecule has 0 aromatic heterocycles. The minimum Gasteiger partial charge on any atom is -0.508 e. The lowest BCUT2D eigenvalue weighted by atomic mass is 10.1. The molecule has 2 rings (SSSR count). The van der Waals surface area contributed by atoms with Crippen molar-refractivity contribution in [2.24, 2.45) is 0 Å². The van der Waals surface area contributed by atoms with Gasteiger partial charge in [0, 0.05) is 13.0 Å². The van der Waals surface area contributed by atoms with Crippen LogP contribution in [0.3, 0.4) is 0 Å². The number of rotatable bonds is 4. The molecule has 94 valence electrons. The van der Waals surface area contributed by atoms with Crippen LogP contribution in [0.4, 0.5) is 0 Å². The van der Waals surface area contributed by atoms with Crippen LogP contribution in [0.5, 0.6) is 5.75 Å². The van der Waals surface area contributed by atoms with Gasteiger partial charge in [0.05, 0.1) is 0 Å². The van der Waals surface area contributed by atoms with E-state index < -0.39 is 0 Å². The molecule has 18 heavy (non-hydrogen) atoms. The van der Waals surface area contributed by atoms with Crippen molar-refractivity contribution in [3.63, 3.8) is 0 Å². The molecule has 1 aliphatic heterocycles. The summed E-state index contributed by atoms with van der Waals surface area (Å²) in [5.74, 6) is 0.182. The monoisotopic (exact) mass is 262 g/mol. The number of hydrogen-bond donors (Lipinski definition) is 2. The molecule has 1 heterocycles. The fraction of sp³-hybridized carbons (Fsp3) is 0.231. The van der Waals surface area contributed by atoms with Crippen LogP contribution in [0.15, 0.2) is 36.9 Å². The average Bonchev–Trinajstić information content (AvgIpc) is 2.60. The lowest BCUT2D eigenvalue weighted by molar-refractivity contribution is -0.126. The molecule has 1 amide bonds. The van der Waals surface area contributed by atoms with Gasteiger partial charge in [-0.25, -0.2) is 0 Å². The van der Waals surface area contributed by atoms with E-state index in [1.165, 1.54) is 4.90 Å². The van der Waals surface area contributed by atoms with E-state index in [1.807, 2.05) is 0 Å². The molecule has 5 heteroatoms. The highest BCUT2D eigenvalue weighted by Crippen LogP contribution is 2.15. The predicted molar refractivity (Wildman–Crippen MR) is 73.2 cm³/mol. The Morgan fingerprint density at radius 3 is 2.72 bits per heavy atom. The Balaban J connectivity index is 2.07. The Hall–Kier alpha value is -1.88. The second kappa shape index (κ2) is 5.18. The van der Waals surface area contributed by atoms with E-state index in [9.17, 15) is 9.90 Å². The van der Waals surface area contributed by atoms with Gasteiger partial charge in [0.25, 0.3) is 5.91 Å². The molecule has 4 nitrogen and oxygen atoms in total. The summed E-state index contributed by atoms with van der Waals surface area (Å²) in [6.07, 6.45) is 2.20. The summed E-state index contributed by atoms with van der Waals surface area (Å²) >= 11 is 5.10. The van der Waals surface area contributed by atoms with Crippen molar-refractivity contribution in [3.05, 3.63) is 42.5 Å². The number of phenolic OH excluding ortho intramolecular Hbond substituents is 1. The summed E-state index contributed by atoms with van der Waals surface area (Å²) in [5.41, 5.74) is 0.974. The van der Waals surface area contributed by atoms with E-state index in [0.717, 1.165) is 5.56 Å². The zero-order valence-electron chi connectivity index (χ0n) is 9.80. The van der Waals surface area contributed by atoms with Crippen molar-refractivity contribution < 1.29 is 9.90 Å². The van der Waals surface area contributed by atoms with Crippen molar-refractivity contribution in [2.45, 2.75) is 12.5 Å². The highest BCUT2D eigenvalue weighted by Gasteiger charge is 2.34. The SMILES string of the molecule is C=CCN1C(=O)[C@H](Cc2ccc(O)cc2)NC1=S. The minimum atomic E-state index is -0.331. The number of thiocarbonyl (C=S) groups is 1. The topological polar surface area (TPSA) is 52.6 Å². The van der Waals surface area contributed by atoms with Gasteiger partial charge < -0.3 is 10.4 Å². The minimum absolute atomic E-state index is 0.0343. The smallest absolute Gasteiger partial charge is 0.251 e. The van der Waals surface area contributed by atoms with E-state index in [2.05, 4.69) is 11.9 Å². The summed E-state index contributed by atoms with van der Waals surface area (Å²) in [6.45, 7) is 4.03. The zero-order chi connectivity index (χ0) is 13.1. The summed E-state index contributed by atoms with van der Waals surface area (Å²) in [4.78, 5) is 13.6. The molecule has 0 bridgehead atoms. The first-order chi connectivity index (χ1) is 8.61. The molecule has 2 N–H and O–H groups in total. The van der Waals surface area contributed by atoms with Gasteiger partial charge in [-0.3, -0.25) is 9.69 Å². The van der Waals surface area contributed by atoms with Gasteiger partial charge >= 0.3 is 0 Å². The normalized spacial score (nSPS) is 18.9. The number of hydrogen-bond acceptors (Lipinski definition) is 3. The molecule has 0 spiro atoms. The van der Waals surface area contributed by atoms with E-state index in [4.69, 9.17) is 12.2 Å². The van der Waals surface area contributed by atoms with E-state index in [0.29, 0.717) is 18.1 Å². The maximum Gasteiger partial charge on any atom is 0.251 e. The van der Waals surface area contributed by atoms with E-state index in [-0.39, 0.29) is 17.7 Å². The highest BCUT2D eigenvalue weighted by atomic mass is 32.1. The van der Waals surface area contributed by atoms with E-state index in [1.54, 1.807) is 30.3 Å². The summed E-state index contributed by atoms with van der Waals surface area (Å²) in [7, 11) is 0. The van der Waals surface area contributed by atoms with Crippen molar-refractivity contribution >= 4 is 23.2 Å². The largest absolute Gasteiger partial charge is 0.508 e. The summed E-state index contributed by atoms with van der Waals surface area (Å²) in [5, 5.41) is 12.6. The molecule has 0 saturated carbocycles. The molecular formula is C13H14N2O2S. The Kier molecular flexibility index (Phi) is 3.62. The fourth-order valence-electron chi connectivity index (χ4n) is 1.88. The zero-order valence-corrected chi connectivity index (χ0v) is 10.6. The Labute approximate surface area is 111 Å². The van der Waals surface area contributed by atoms with Gasteiger partial charge in [-0.05, 0) is 29.9 Å². The number of phenols is 1. The Bertz CT molecular complexity index is 484. The maximum absolute atomic E-state index is 12.1. The second-order valence-electron chi connectivity index (χ2n) is 4.11. The lowest BCUT2D eigenvalue weighted by Gasteiger charge is -2.11. The Morgan fingerprint density at radius 2 is 2.11 bits per heavy atom. The standard InChI is InChI=1S/C13H14N2O2S/c1-2-7-15-12(17)11(14-13(15)18)8-9-3-5-10(16)6-4-9/h2-6,11,16H,1,7-8H2,(H,14,18)/t11-/m0/s1. The molecule has 1 aromatic carbocycles. The van der Waals surface area contributed by atoms with Crippen molar-refractivity contribution in [2.75, 3.05) is 6.54 Å². The summed E-state index contributed by atoms with van der Waals surface area (Å²) in [6, 6.07) is 6.47. The molecule has 1 fully saturated rings. The third-order valence-electron chi connectivity index (χ3n) is 2.79. The van der Waals surface area contributed by atoms with Crippen LogP contribution < -0.4 is 5.32 Å². The third kappa shape index (κ3) is 2.51. The van der Waals surface area contributed by atoms with Gasteiger partial charge in [0.2, 0.25) is 0 Å². The number of carbonyl (C=O) groups is 1. The van der Waals surface area contributed by atoms with Gasteiger partial charge in [-0.2, -0.15) is 0 Å². The van der Waals surface area contributed by atoms with Crippen LogP contribution in [0.25, 0.3) is 0 Å². The van der Waals surface area contributed by atoms with E-state index >= 15 is 0 Å². The van der Waals surface area contributed by atoms with Gasteiger partial charge in [0.15, 0.2) is 5.11 Å². The fourth-order valence-corrected chi connectivity index (χ4v) is 2.19. The van der Waals surface area contributed by atoms with Gasteiger partial charge in [-0.1, -0.05) is 18.2 Å². The number of aromatic hydroxyl groups is 1. The van der Waals surface area contributed by atoms with Crippen LogP contribution in [0, 0.1) is 0 Å². The van der Waals surface area contributed by atoms with Crippen LogP contribution in [-0.2, 0) is 11.2 Å². The maximum atomic E-state index is 12.1. The first-order valence-corrected chi connectivity index (χ1v) is 6.03.